The maximum atomic E-state index is 12.5. The Labute approximate surface area is 169 Å². The van der Waals surface area contributed by atoms with Crippen LogP contribution in [0.5, 0.6) is 0 Å². The zero-order valence-corrected chi connectivity index (χ0v) is 16.2. The van der Waals surface area contributed by atoms with E-state index in [2.05, 4.69) is 10.6 Å². The van der Waals surface area contributed by atoms with Crippen molar-refractivity contribution in [3.63, 3.8) is 0 Å². The molecule has 1 unspecified atom stereocenters. The second kappa shape index (κ2) is 9.20. The van der Waals surface area contributed by atoms with Gasteiger partial charge in [0, 0.05) is 18.7 Å². The number of carbonyl (C=O) groups is 1. The number of nitrogens with one attached hydrogen (secondary N) is 2. The third kappa shape index (κ3) is 5.21. The van der Waals surface area contributed by atoms with Crippen LogP contribution in [-0.4, -0.2) is 36.2 Å². The van der Waals surface area contributed by atoms with Crippen LogP contribution in [0.4, 0.5) is 0 Å². The molecule has 2 aromatic carbocycles. The highest BCUT2D eigenvalue weighted by atomic mass is 35.5. The van der Waals surface area contributed by atoms with Crippen LogP contribution in [0.15, 0.2) is 42.5 Å². The fraction of sp³-hybridized carbons (Fsp3) is 0.300. The molecular formula is C20H21Cl2N3O2. The summed E-state index contributed by atoms with van der Waals surface area (Å²) in [7, 11) is 0. The van der Waals surface area contributed by atoms with Gasteiger partial charge in [0.05, 0.1) is 16.2 Å². The highest BCUT2D eigenvalue weighted by molar-refractivity contribution is 6.32. The minimum atomic E-state index is -0.897. The molecule has 1 aliphatic heterocycles. The summed E-state index contributed by atoms with van der Waals surface area (Å²) in [5.41, 5.74) is 1.70. The van der Waals surface area contributed by atoms with Crippen molar-refractivity contribution in [2.45, 2.75) is 18.4 Å². The molecule has 0 aliphatic carbocycles. The summed E-state index contributed by atoms with van der Waals surface area (Å²) >= 11 is 6.10. The number of amides is 1. The van der Waals surface area contributed by atoms with Gasteiger partial charge in [-0.2, -0.15) is 5.26 Å². The van der Waals surface area contributed by atoms with Crippen LogP contribution in [0, 0.1) is 11.3 Å². The first-order chi connectivity index (χ1) is 12.5. The number of nitrogens with zero attached hydrogens (tertiary/aromatic N) is 1. The van der Waals surface area contributed by atoms with Crippen molar-refractivity contribution >= 4 is 29.9 Å². The summed E-state index contributed by atoms with van der Waals surface area (Å²) < 4.78 is 0. The molecule has 142 valence electrons. The summed E-state index contributed by atoms with van der Waals surface area (Å²) in [4.78, 5) is 12.5. The minimum Gasteiger partial charge on any atom is -0.387 e. The van der Waals surface area contributed by atoms with Gasteiger partial charge in [-0.05, 0) is 54.8 Å². The number of aliphatic hydroxyl groups is 1. The van der Waals surface area contributed by atoms with Crippen LogP contribution >= 0.6 is 24.0 Å². The number of halogens is 2. The minimum absolute atomic E-state index is 0. The maximum absolute atomic E-state index is 12.5. The van der Waals surface area contributed by atoms with Crippen LogP contribution in [-0.2, 0) is 0 Å². The van der Waals surface area contributed by atoms with Gasteiger partial charge in [-0.15, -0.1) is 12.4 Å². The monoisotopic (exact) mass is 405 g/mol. The zero-order chi connectivity index (χ0) is 18.6. The molecule has 7 heteroatoms. The Morgan fingerprint density at radius 3 is 2.74 bits per heavy atom. The van der Waals surface area contributed by atoms with Gasteiger partial charge in [-0.3, -0.25) is 4.79 Å². The zero-order valence-electron chi connectivity index (χ0n) is 14.7. The fourth-order valence-electron chi connectivity index (χ4n) is 3.07. The largest absolute Gasteiger partial charge is 0.387 e. The predicted molar refractivity (Wildman–Crippen MR) is 108 cm³/mol. The van der Waals surface area contributed by atoms with E-state index in [9.17, 15) is 9.90 Å². The number of hydrogen-bond acceptors (Lipinski definition) is 4. The molecule has 0 spiro atoms. The summed E-state index contributed by atoms with van der Waals surface area (Å²) in [5.74, 6) is -0.231. The smallest absolute Gasteiger partial charge is 0.251 e. The maximum Gasteiger partial charge on any atom is 0.251 e. The van der Waals surface area contributed by atoms with E-state index in [1.165, 1.54) is 0 Å². The lowest BCUT2D eigenvalue weighted by atomic mass is 9.94. The third-order valence-electron chi connectivity index (χ3n) is 4.58. The third-order valence-corrected chi connectivity index (χ3v) is 4.89. The van der Waals surface area contributed by atoms with E-state index in [0.29, 0.717) is 29.1 Å². The van der Waals surface area contributed by atoms with Crippen LogP contribution in [0.2, 0.25) is 5.02 Å². The lowest BCUT2D eigenvalue weighted by molar-refractivity contribution is 0.0170. The predicted octanol–water partition coefficient (Wildman–Crippen LogP) is 3.14. The summed E-state index contributed by atoms with van der Waals surface area (Å²) in [5, 5.41) is 25.8. The van der Waals surface area contributed by atoms with Crippen molar-refractivity contribution in [3.8, 4) is 17.2 Å². The number of piperidine rings is 1. The Bertz CT molecular complexity index is 859. The fourth-order valence-corrected chi connectivity index (χ4v) is 3.30. The van der Waals surface area contributed by atoms with Gasteiger partial charge in [-0.25, -0.2) is 0 Å². The van der Waals surface area contributed by atoms with Crippen molar-refractivity contribution in [3.05, 3.63) is 58.6 Å². The SMILES string of the molecule is Cl.N#Cc1ccc(-c2cccc(C(=O)NCC3(O)CCCNC3)c2)cc1Cl. The number of nitriles is 1. The Morgan fingerprint density at radius 1 is 1.30 bits per heavy atom. The van der Waals surface area contributed by atoms with Crippen molar-refractivity contribution < 1.29 is 9.90 Å². The van der Waals surface area contributed by atoms with Gasteiger partial charge in [0.25, 0.3) is 5.91 Å². The molecule has 1 heterocycles. The number of carbonyl (C=O) groups excluding carboxylic acids is 1. The van der Waals surface area contributed by atoms with E-state index >= 15 is 0 Å². The van der Waals surface area contributed by atoms with Gasteiger partial charge in [0.15, 0.2) is 0 Å². The molecule has 27 heavy (non-hydrogen) atoms. The second-order valence-electron chi connectivity index (χ2n) is 6.57. The van der Waals surface area contributed by atoms with Gasteiger partial charge in [0.1, 0.15) is 6.07 Å². The molecular weight excluding hydrogens is 385 g/mol. The van der Waals surface area contributed by atoms with Crippen LogP contribution in [0.1, 0.15) is 28.8 Å². The summed E-state index contributed by atoms with van der Waals surface area (Å²) in [6.45, 7) is 1.59. The molecule has 1 amide bonds. The molecule has 1 aliphatic rings. The Kier molecular flexibility index (Phi) is 7.23. The molecule has 0 radical (unpaired) electrons. The molecule has 1 atom stereocenters. The molecule has 3 N–H and O–H groups in total. The van der Waals surface area contributed by atoms with Crippen molar-refractivity contribution in [1.82, 2.24) is 10.6 Å². The van der Waals surface area contributed by atoms with Crippen molar-refractivity contribution in [2.24, 2.45) is 0 Å². The Morgan fingerprint density at radius 2 is 2.07 bits per heavy atom. The molecule has 3 rings (SSSR count). The normalized spacial score (nSPS) is 18.9. The number of benzene rings is 2. The van der Waals surface area contributed by atoms with Gasteiger partial charge in [-0.1, -0.05) is 29.8 Å². The lowest BCUT2D eigenvalue weighted by Crippen LogP contribution is -2.52. The van der Waals surface area contributed by atoms with Crippen LogP contribution in [0.25, 0.3) is 11.1 Å². The molecule has 0 bridgehead atoms. The quantitative estimate of drug-likeness (QED) is 0.728. The number of β-amino-alcohol motifs (C(OH)–C–C–N with tert-alkyl or cyclic N) is 1. The molecule has 2 aromatic rings. The average molecular weight is 406 g/mol. The van der Waals surface area contributed by atoms with E-state index in [4.69, 9.17) is 16.9 Å². The Balaban J connectivity index is 0.00000261. The lowest BCUT2D eigenvalue weighted by Gasteiger charge is -2.32. The summed E-state index contributed by atoms with van der Waals surface area (Å²) in [6, 6.07) is 14.4. The van der Waals surface area contributed by atoms with Crippen LogP contribution in [0.3, 0.4) is 0 Å². The van der Waals surface area contributed by atoms with Crippen LogP contribution < -0.4 is 10.6 Å². The van der Waals surface area contributed by atoms with E-state index in [1.807, 2.05) is 12.1 Å². The first-order valence-corrected chi connectivity index (χ1v) is 8.90. The molecule has 5 nitrogen and oxygen atoms in total. The number of hydrogen-bond donors (Lipinski definition) is 3. The summed E-state index contributed by atoms with van der Waals surface area (Å²) in [6.07, 6.45) is 1.56. The molecule has 0 aromatic heterocycles. The van der Waals surface area contributed by atoms with E-state index < -0.39 is 5.60 Å². The van der Waals surface area contributed by atoms with Crippen molar-refractivity contribution in [1.29, 1.82) is 5.26 Å². The highest BCUT2D eigenvalue weighted by Gasteiger charge is 2.29. The standard InChI is InChI=1S/C20H20ClN3O2.ClH/c21-18-10-15(5-6-17(18)11-22)14-3-1-4-16(9-14)19(25)24-13-20(26)7-2-8-23-12-20;/h1,3-6,9-10,23,26H,2,7-8,12-13H2,(H,24,25);1H. The second-order valence-corrected chi connectivity index (χ2v) is 6.98. The highest BCUT2D eigenvalue weighted by Crippen LogP contribution is 2.26. The number of rotatable bonds is 4. The molecule has 1 fully saturated rings. The van der Waals surface area contributed by atoms with E-state index in [-0.39, 0.29) is 24.9 Å². The first-order valence-electron chi connectivity index (χ1n) is 8.52. The van der Waals surface area contributed by atoms with Crippen molar-refractivity contribution in [2.75, 3.05) is 19.6 Å². The Hall–Kier alpha value is -2.10. The van der Waals surface area contributed by atoms with Gasteiger partial charge < -0.3 is 15.7 Å². The topological polar surface area (TPSA) is 85.2 Å². The molecule has 0 saturated carbocycles. The van der Waals surface area contributed by atoms with Gasteiger partial charge >= 0.3 is 0 Å². The average Bonchev–Trinajstić information content (AvgIpc) is 2.67. The van der Waals surface area contributed by atoms with E-state index in [1.54, 1.807) is 36.4 Å². The first kappa shape index (κ1) is 21.2. The van der Waals surface area contributed by atoms with E-state index in [0.717, 1.165) is 24.1 Å². The molecule has 1 saturated heterocycles. The van der Waals surface area contributed by atoms with Gasteiger partial charge in [0.2, 0.25) is 0 Å².